The Morgan fingerprint density at radius 2 is 2.05 bits per heavy atom. The highest BCUT2D eigenvalue weighted by Crippen LogP contribution is 2.20. The maximum Gasteiger partial charge on any atom is 0.317 e. The smallest absolute Gasteiger partial charge is 0.317 e. The summed E-state index contributed by atoms with van der Waals surface area (Å²) in [4.78, 5) is 14.3. The summed E-state index contributed by atoms with van der Waals surface area (Å²) in [5.74, 6) is 0. The number of likely N-dealkylation sites (tertiary alicyclic amines) is 1. The van der Waals surface area contributed by atoms with Crippen LogP contribution in [0.1, 0.15) is 37.3 Å². The van der Waals surface area contributed by atoms with Crippen molar-refractivity contribution in [3.63, 3.8) is 0 Å². The van der Waals surface area contributed by atoms with Gasteiger partial charge >= 0.3 is 6.03 Å². The Morgan fingerprint density at radius 1 is 1.36 bits per heavy atom. The molecule has 2 rings (SSSR count). The lowest BCUT2D eigenvalue weighted by atomic mass is 10.0. The molecule has 0 aromatic heterocycles. The summed E-state index contributed by atoms with van der Waals surface area (Å²) in [6, 6.07) is 9.85. The average Bonchev–Trinajstić information content (AvgIpc) is 2.59. The number of nitrogens with one attached hydrogen (secondary N) is 1. The van der Waals surface area contributed by atoms with Crippen molar-refractivity contribution in [1.82, 2.24) is 10.2 Å². The zero-order chi connectivity index (χ0) is 15.8. The Balaban J connectivity index is 1.93. The first-order valence-corrected chi connectivity index (χ1v) is 7.98. The number of carbonyl (C=O) groups is 1. The fourth-order valence-electron chi connectivity index (χ4n) is 2.84. The van der Waals surface area contributed by atoms with E-state index in [1.165, 1.54) is 0 Å². The van der Waals surface area contributed by atoms with E-state index in [0.29, 0.717) is 6.42 Å². The molecule has 5 nitrogen and oxygen atoms in total. The summed E-state index contributed by atoms with van der Waals surface area (Å²) in [5.41, 5.74) is 1.08. The van der Waals surface area contributed by atoms with Crippen molar-refractivity contribution in [1.29, 1.82) is 0 Å². The number of piperidine rings is 1. The molecule has 1 saturated heterocycles. The third kappa shape index (κ3) is 4.71. The maximum atomic E-state index is 12.5. The van der Waals surface area contributed by atoms with E-state index in [2.05, 4.69) is 5.32 Å². The standard InChI is InChI=1S/C17H26N2O3/c1-22-15-9-11-19(12-10-15)17(21)18-16(8-5-13-20)14-6-3-2-4-7-14/h2-4,6-7,15-16,20H,5,8-13H2,1H3,(H,18,21). The van der Waals surface area contributed by atoms with Crippen molar-refractivity contribution < 1.29 is 14.6 Å². The molecule has 1 aliphatic heterocycles. The van der Waals surface area contributed by atoms with Crippen molar-refractivity contribution >= 4 is 6.03 Å². The monoisotopic (exact) mass is 306 g/mol. The lowest BCUT2D eigenvalue weighted by Crippen LogP contribution is -2.46. The normalized spacial score (nSPS) is 17.3. The molecule has 0 saturated carbocycles. The fourth-order valence-corrected chi connectivity index (χ4v) is 2.84. The van der Waals surface area contributed by atoms with E-state index in [1.54, 1.807) is 7.11 Å². The predicted octanol–water partition coefficient (Wildman–Crippen LogP) is 2.32. The summed E-state index contributed by atoms with van der Waals surface area (Å²) in [7, 11) is 1.72. The van der Waals surface area contributed by atoms with Gasteiger partial charge in [-0.2, -0.15) is 0 Å². The van der Waals surface area contributed by atoms with E-state index in [9.17, 15) is 4.79 Å². The quantitative estimate of drug-likeness (QED) is 0.848. The molecule has 122 valence electrons. The van der Waals surface area contributed by atoms with Crippen molar-refractivity contribution in [3.05, 3.63) is 35.9 Å². The van der Waals surface area contributed by atoms with Gasteiger partial charge in [0, 0.05) is 26.8 Å². The van der Waals surface area contributed by atoms with Crippen molar-refractivity contribution in [3.8, 4) is 0 Å². The molecule has 1 aromatic rings. The van der Waals surface area contributed by atoms with E-state index < -0.39 is 0 Å². The molecule has 1 fully saturated rings. The van der Waals surface area contributed by atoms with Crippen LogP contribution >= 0.6 is 0 Å². The van der Waals surface area contributed by atoms with Gasteiger partial charge in [0.1, 0.15) is 0 Å². The fraction of sp³-hybridized carbons (Fsp3) is 0.588. The first kappa shape index (κ1) is 16.8. The van der Waals surface area contributed by atoms with Crippen LogP contribution in [0.25, 0.3) is 0 Å². The van der Waals surface area contributed by atoms with Crippen LogP contribution in [-0.2, 0) is 4.74 Å². The molecule has 1 atom stereocenters. The number of ether oxygens (including phenoxy) is 1. The van der Waals surface area contributed by atoms with Crippen LogP contribution in [0.2, 0.25) is 0 Å². The summed E-state index contributed by atoms with van der Waals surface area (Å²) in [6.45, 7) is 1.59. The van der Waals surface area contributed by atoms with E-state index >= 15 is 0 Å². The molecular weight excluding hydrogens is 280 g/mol. The minimum absolute atomic E-state index is 0.0265. The van der Waals surface area contributed by atoms with Gasteiger partial charge in [-0.05, 0) is 31.2 Å². The van der Waals surface area contributed by atoms with Crippen LogP contribution in [0.3, 0.4) is 0 Å². The number of nitrogens with zero attached hydrogens (tertiary/aromatic N) is 1. The van der Waals surface area contributed by atoms with E-state index in [4.69, 9.17) is 9.84 Å². The number of benzene rings is 1. The van der Waals surface area contributed by atoms with Crippen LogP contribution < -0.4 is 5.32 Å². The molecule has 2 amide bonds. The molecule has 2 N–H and O–H groups in total. The van der Waals surface area contributed by atoms with Gasteiger partial charge in [-0.1, -0.05) is 30.3 Å². The van der Waals surface area contributed by atoms with Crippen molar-refractivity contribution in [2.75, 3.05) is 26.8 Å². The Hall–Kier alpha value is -1.59. The van der Waals surface area contributed by atoms with Gasteiger partial charge in [-0.15, -0.1) is 0 Å². The number of amides is 2. The molecule has 1 aromatic carbocycles. The Bertz CT molecular complexity index is 444. The van der Waals surface area contributed by atoms with Gasteiger partial charge in [0.15, 0.2) is 0 Å². The minimum atomic E-state index is -0.0546. The molecule has 1 aliphatic rings. The second-order valence-corrected chi connectivity index (χ2v) is 5.70. The second kappa shape index (κ2) is 8.76. The maximum absolute atomic E-state index is 12.5. The SMILES string of the molecule is COC1CCN(C(=O)NC(CCCO)c2ccccc2)CC1. The van der Waals surface area contributed by atoms with Crippen LogP contribution in [-0.4, -0.2) is 48.9 Å². The van der Waals surface area contributed by atoms with Gasteiger partial charge in [-0.3, -0.25) is 0 Å². The highest BCUT2D eigenvalue weighted by molar-refractivity contribution is 5.74. The van der Waals surface area contributed by atoms with Gasteiger partial charge in [0.05, 0.1) is 12.1 Å². The largest absolute Gasteiger partial charge is 0.396 e. The summed E-state index contributed by atoms with van der Waals surface area (Å²) >= 11 is 0. The first-order chi connectivity index (χ1) is 10.7. The highest BCUT2D eigenvalue weighted by atomic mass is 16.5. The Kier molecular flexibility index (Phi) is 6.68. The average molecular weight is 306 g/mol. The summed E-state index contributed by atoms with van der Waals surface area (Å²) < 4.78 is 5.34. The number of urea groups is 1. The van der Waals surface area contributed by atoms with Crippen molar-refractivity contribution in [2.45, 2.75) is 37.8 Å². The number of hydrogen-bond donors (Lipinski definition) is 2. The number of hydrogen-bond acceptors (Lipinski definition) is 3. The molecule has 0 spiro atoms. The highest BCUT2D eigenvalue weighted by Gasteiger charge is 2.24. The lowest BCUT2D eigenvalue weighted by molar-refractivity contribution is 0.0499. The number of aliphatic hydroxyl groups excluding tert-OH is 1. The second-order valence-electron chi connectivity index (χ2n) is 5.70. The predicted molar refractivity (Wildman–Crippen MR) is 85.6 cm³/mol. The Morgan fingerprint density at radius 3 is 2.64 bits per heavy atom. The molecule has 22 heavy (non-hydrogen) atoms. The van der Waals surface area contributed by atoms with E-state index in [0.717, 1.165) is 37.9 Å². The third-order valence-electron chi connectivity index (χ3n) is 4.21. The van der Waals surface area contributed by atoms with E-state index in [1.807, 2.05) is 35.2 Å². The minimum Gasteiger partial charge on any atom is -0.396 e. The lowest BCUT2D eigenvalue weighted by Gasteiger charge is -2.32. The third-order valence-corrected chi connectivity index (χ3v) is 4.21. The number of rotatable bonds is 6. The Labute approximate surface area is 132 Å². The van der Waals surface area contributed by atoms with Crippen LogP contribution in [0.5, 0.6) is 0 Å². The van der Waals surface area contributed by atoms with E-state index in [-0.39, 0.29) is 24.8 Å². The summed E-state index contributed by atoms with van der Waals surface area (Å²) in [6.07, 6.45) is 3.45. The zero-order valence-electron chi connectivity index (χ0n) is 13.2. The van der Waals surface area contributed by atoms with Crippen molar-refractivity contribution in [2.24, 2.45) is 0 Å². The topological polar surface area (TPSA) is 61.8 Å². The molecule has 0 aliphatic carbocycles. The number of methoxy groups -OCH3 is 1. The molecular formula is C17H26N2O3. The molecule has 1 heterocycles. The first-order valence-electron chi connectivity index (χ1n) is 7.98. The van der Waals surface area contributed by atoms with Gasteiger partial charge in [0.25, 0.3) is 0 Å². The summed E-state index contributed by atoms with van der Waals surface area (Å²) in [5, 5.41) is 12.2. The van der Waals surface area contributed by atoms with Gasteiger partial charge in [-0.25, -0.2) is 4.79 Å². The van der Waals surface area contributed by atoms with Gasteiger partial charge < -0.3 is 20.1 Å². The van der Waals surface area contributed by atoms with Crippen LogP contribution in [0.4, 0.5) is 4.79 Å². The molecule has 0 bridgehead atoms. The molecule has 0 radical (unpaired) electrons. The van der Waals surface area contributed by atoms with Gasteiger partial charge in [0.2, 0.25) is 0 Å². The number of aliphatic hydroxyl groups is 1. The molecule has 1 unspecified atom stereocenters. The number of carbonyl (C=O) groups excluding carboxylic acids is 1. The van der Waals surface area contributed by atoms with Crippen LogP contribution in [0, 0.1) is 0 Å². The van der Waals surface area contributed by atoms with Crippen LogP contribution in [0.15, 0.2) is 30.3 Å². The zero-order valence-corrected chi connectivity index (χ0v) is 13.2. The molecule has 5 heteroatoms.